The number of aromatic nitrogens is 1. The molecule has 1 fully saturated rings. The molecule has 0 aliphatic carbocycles. The number of amides is 2. The first-order valence-corrected chi connectivity index (χ1v) is 8.70. The Bertz CT molecular complexity index is 746. The summed E-state index contributed by atoms with van der Waals surface area (Å²) in [5.41, 5.74) is 2.01. The fraction of sp³-hybridized carbons (Fsp3) is 0.350. The van der Waals surface area contributed by atoms with Crippen molar-refractivity contribution in [3.8, 4) is 0 Å². The van der Waals surface area contributed by atoms with E-state index < -0.39 is 0 Å². The lowest BCUT2D eigenvalue weighted by Crippen LogP contribution is -2.39. The summed E-state index contributed by atoms with van der Waals surface area (Å²) in [5.74, 6) is 0.350. The average Bonchev–Trinajstić information content (AvgIpc) is 2.66. The molecule has 1 saturated heterocycles. The fourth-order valence-corrected chi connectivity index (χ4v) is 3.14. The maximum absolute atomic E-state index is 12.7. The third-order valence-corrected chi connectivity index (χ3v) is 4.49. The zero-order valence-corrected chi connectivity index (χ0v) is 14.4. The van der Waals surface area contributed by atoms with E-state index in [-0.39, 0.29) is 11.8 Å². The van der Waals surface area contributed by atoms with Crippen LogP contribution in [0.4, 0.5) is 0 Å². The van der Waals surface area contributed by atoms with Gasteiger partial charge < -0.3 is 10.2 Å². The maximum atomic E-state index is 12.7. The Morgan fingerprint density at radius 1 is 1.24 bits per heavy atom. The summed E-state index contributed by atoms with van der Waals surface area (Å²) in [6.07, 6.45) is 5.62. The van der Waals surface area contributed by atoms with Gasteiger partial charge in [0.1, 0.15) is 0 Å². The minimum absolute atomic E-state index is 0.00783. The van der Waals surface area contributed by atoms with Gasteiger partial charge >= 0.3 is 0 Å². The Morgan fingerprint density at radius 3 is 2.84 bits per heavy atom. The van der Waals surface area contributed by atoms with Crippen LogP contribution >= 0.6 is 0 Å². The van der Waals surface area contributed by atoms with E-state index >= 15 is 0 Å². The largest absolute Gasteiger partial charge is 0.348 e. The number of likely N-dealkylation sites (tertiary alicyclic amines) is 1. The second kappa shape index (κ2) is 7.92. The molecule has 5 nitrogen and oxygen atoms in total. The Kier molecular flexibility index (Phi) is 5.43. The number of carbonyl (C=O) groups is 2. The maximum Gasteiger partial charge on any atom is 0.253 e. The van der Waals surface area contributed by atoms with E-state index in [1.807, 2.05) is 17.0 Å². The van der Waals surface area contributed by atoms with Gasteiger partial charge in [0.2, 0.25) is 0 Å². The van der Waals surface area contributed by atoms with E-state index in [1.54, 1.807) is 36.7 Å². The van der Waals surface area contributed by atoms with Crippen LogP contribution in [-0.4, -0.2) is 34.8 Å². The first-order valence-electron chi connectivity index (χ1n) is 8.70. The smallest absolute Gasteiger partial charge is 0.253 e. The third kappa shape index (κ3) is 4.44. The molecule has 1 aromatic carbocycles. The van der Waals surface area contributed by atoms with Crippen molar-refractivity contribution in [1.29, 1.82) is 0 Å². The normalized spacial score (nSPS) is 17.2. The van der Waals surface area contributed by atoms with Crippen LogP contribution in [0.2, 0.25) is 0 Å². The molecule has 3 rings (SSSR count). The SMILES string of the molecule is CC1CCCN(C(=O)c2cccc(C(=O)NCc3cccnc3)c2)C1. The predicted octanol–water partition coefficient (Wildman–Crippen LogP) is 2.88. The number of nitrogens with one attached hydrogen (secondary N) is 1. The molecule has 0 saturated carbocycles. The molecule has 2 heterocycles. The molecule has 1 aliphatic heterocycles. The monoisotopic (exact) mass is 337 g/mol. The van der Waals surface area contributed by atoms with Gasteiger partial charge in [-0.1, -0.05) is 19.1 Å². The van der Waals surface area contributed by atoms with Gasteiger partial charge in [-0.2, -0.15) is 0 Å². The highest BCUT2D eigenvalue weighted by Crippen LogP contribution is 2.18. The van der Waals surface area contributed by atoms with Gasteiger partial charge in [0.05, 0.1) is 0 Å². The fourth-order valence-electron chi connectivity index (χ4n) is 3.14. The molecular formula is C20H23N3O2. The van der Waals surface area contributed by atoms with E-state index in [0.29, 0.717) is 23.6 Å². The summed E-state index contributed by atoms with van der Waals surface area (Å²) in [5, 5.41) is 2.86. The Morgan fingerprint density at radius 2 is 2.08 bits per heavy atom. The first kappa shape index (κ1) is 17.1. The van der Waals surface area contributed by atoms with E-state index in [2.05, 4.69) is 17.2 Å². The summed E-state index contributed by atoms with van der Waals surface area (Å²) in [7, 11) is 0. The van der Waals surface area contributed by atoms with Gasteiger partial charge in [0, 0.05) is 43.2 Å². The van der Waals surface area contributed by atoms with Crippen molar-refractivity contribution in [2.45, 2.75) is 26.3 Å². The number of carbonyl (C=O) groups excluding carboxylic acids is 2. The quantitative estimate of drug-likeness (QED) is 0.933. The van der Waals surface area contributed by atoms with Crippen LogP contribution in [0.25, 0.3) is 0 Å². The Balaban J connectivity index is 1.66. The van der Waals surface area contributed by atoms with E-state index in [0.717, 1.165) is 25.1 Å². The Hall–Kier alpha value is -2.69. The van der Waals surface area contributed by atoms with Crippen LogP contribution < -0.4 is 5.32 Å². The van der Waals surface area contributed by atoms with Crippen LogP contribution in [0.3, 0.4) is 0 Å². The lowest BCUT2D eigenvalue weighted by atomic mass is 9.99. The van der Waals surface area contributed by atoms with Crippen molar-refractivity contribution in [2.75, 3.05) is 13.1 Å². The van der Waals surface area contributed by atoms with Crippen molar-refractivity contribution in [2.24, 2.45) is 5.92 Å². The van der Waals surface area contributed by atoms with Crippen molar-refractivity contribution in [1.82, 2.24) is 15.2 Å². The van der Waals surface area contributed by atoms with Crippen molar-refractivity contribution in [3.05, 3.63) is 65.5 Å². The van der Waals surface area contributed by atoms with E-state index in [1.165, 1.54) is 6.42 Å². The number of rotatable bonds is 4. The van der Waals surface area contributed by atoms with Gasteiger partial charge in [-0.05, 0) is 48.6 Å². The van der Waals surface area contributed by atoms with Crippen molar-refractivity contribution < 1.29 is 9.59 Å². The van der Waals surface area contributed by atoms with E-state index in [4.69, 9.17) is 0 Å². The molecule has 1 unspecified atom stereocenters. The Labute approximate surface area is 148 Å². The number of pyridine rings is 1. The number of hydrogen-bond acceptors (Lipinski definition) is 3. The van der Waals surface area contributed by atoms with Crippen LogP contribution in [0.5, 0.6) is 0 Å². The lowest BCUT2D eigenvalue weighted by Gasteiger charge is -2.31. The second-order valence-corrected chi connectivity index (χ2v) is 6.62. The van der Waals surface area contributed by atoms with Crippen LogP contribution in [0.15, 0.2) is 48.8 Å². The number of hydrogen-bond donors (Lipinski definition) is 1. The molecule has 25 heavy (non-hydrogen) atoms. The molecule has 0 radical (unpaired) electrons. The number of nitrogens with zero attached hydrogens (tertiary/aromatic N) is 2. The zero-order chi connectivity index (χ0) is 17.6. The van der Waals surface area contributed by atoms with Gasteiger partial charge in [-0.15, -0.1) is 0 Å². The number of piperidine rings is 1. The minimum Gasteiger partial charge on any atom is -0.348 e. The van der Waals surface area contributed by atoms with Crippen LogP contribution in [0, 0.1) is 5.92 Å². The van der Waals surface area contributed by atoms with E-state index in [9.17, 15) is 9.59 Å². The zero-order valence-electron chi connectivity index (χ0n) is 14.4. The van der Waals surface area contributed by atoms with Gasteiger partial charge in [-0.25, -0.2) is 0 Å². The molecule has 1 aromatic heterocycles. The summed E-state index contributed by atoms with van der Waals surface area (Å²) in [6, 6.07) is 10.7. The highest BCUT2D eigenvalue weighted by molar-refractivity contribution is 5.99. The molecular weight excluding hydrogens is 314 g/mol. The molecule has 2 amide bonds. The summed E-state index contributed by atoms with van der Waals surface area (Å²) in [6.45, 7) is 4.16. The molecule has 0 spiro atoms. The summed E-state index contributed by atoms with van der Waals surface area (Å²) in [4.78, 5) is 31.0. The highest BCUT2D eigenvalue weighted by atomic mass is 16.2. The molecule has 0 bridgehead atoms. The topological polar surface area (TPSA) is 62.3 Å². The summed E-state index contributed by atoms with van der Waals surface area (Å²) < 4.78 is 0. The second-order valence-electron chi connectivity index (χ2n) is 6.62. The average molecular weight is 337 g/mol. The molecule has 1 atom stereocenters. The van der Waals surface area contributed by atoms with Crippen LogP contribution in [-0.2, 0) is 6.54 Å². The standard InChI is InChI=1S/C20H23N3O2/c1-15-5-4-10-23(14-15)20(25)18-8-2-7-17(11-18)19(24)22-13-16-6-3-9-21-12-16/h2-3,6-9,11-12,15H,4-5,10,13-14H2,1H3,(H,22,24). The molecule has 5 heteroatoms. The molecule has 1 N–H and O–H groups in total. The highest BCUT2D eigenvalue weighted by Gasteiger charge is 2.22. The minimum atomic E-state index is -0.189. The summed E-state index contributed by atoms with van der Waals surface area (Å²) >= 11 is 0. The molecule has 1 aliphatic rings. The van der Waals surface area contributed by atoms with Crippen molar-refractivity contribution >= 4 is 11.8 Å². The van der Waals surface area contributed by atoms with Crippen LogP contribution in [0.1, 0.15) is 46.0 Å². The van der Waals surface area contributed by atoms with Gasteiger partial charge in [0.25, 0.3) is 11.8 Å². The third-order valence-electron chi connectivity index (χ3n) is 4.49. The molecule has 2 aromatic rings. The lowest BCUT2D eigenvalue weighted by molar-refractivity contribution is 0.0683. The number of benzene rings is 1. The predicted molar refractivity (Wildman–Crippen MR) is 96.2 cm³/mol. The van der Waals surface area contributed by atoms with Gasteiger partial charge in [0.15, 0.2) is 0 Å². The molecule has 130 valence electrons. The first-order chi connectivity index (χ1) is 12.1. The van der Waals surface area contributed by atoms with Crippen molar-refractivity contribution in [3.63, 3.8) is 0 Å². The van der Waals surface area contributed by atoms with Gasteiger partial charge in [-0.3, -0.25) is 14.6 Å².